The molecule has 0 aromatic heterocycles. The molecule has 0 spiro atoms. The van der Waals surface area contributed by atoms with Gasteiger partial charge in [-0.05, 0) is 37.3 Å². The molecule has 4 nitrogen and oxygen atoms in total. The van der Waals surface area contributed by atoms with Crippen LogP contribution in [0.25, 0.3) is 0 Å². The highest BCUT2D eigenvalue weighted by Crippen LogP contribution is 2.30. The first-order valence-corrected chi connectivity index (χ1v) is 6.61. The SMILES string of the molecule is O=C(O)c1cc(F)c(N2CCCC(CCO)C2)c(F)c1. The Balaban J connectivity index is 2.26. The molecule has 20 heavy (non-hydrogen) atoms. The van der Waals surface area contributed by atoms with Crippen LogP contribution in [0, 0.1) is 17.6 Å². The monoisotopic (exact) mass is 285 g/mol. The number of carboxylic acid groups (broad SMARTS) is 1. The van der Waals surface area contributed by atoms with E-state index < -0.39 is 23.2 Å². The van der Waals surface area contributed by atoms with Crippen molar-refractivity contribution in [2.75, 3.05) is 24.6 Å². The second-order valence-electron chi connectivity index (χ2n) is 5.06. The molecule has 1 fully saturated rings. The first-order valence-electron chi connectivity index (χ1n) is 6.61. The Bertz CT molecular complexity index is 482. The van der Waals surface area contributed by atoms with Gasteiger partial charge in [0, 0.05) is 19.7 Å². The van der Waals surface area contributed by atoms with Crippen LogP contribution in [0.2, 0.25) is 0 Å². The summed E-state index contributed by atoms with van der Waals surface area (Å²) in [5.41, 5.74) is -0.565. The fraction of sp³-hybridized carbons (Fsp3) is 0.500. The van der Waals surface area contributed by atoms with Crippen LogP contribution in [-0.2, 0) is 0 Å². The van der Waals surface area contributed by atoms with Crippen LogP contribution in [0.5, 0.6) is 0 Å². The highest BCUT2D eigenvalue weighted by Gasteiger charge is 2.25. The van der Waals surface area contributed by atoms with Gasteiger partial charge in [0.25, 0.3) is 0 Å². The maximum absolute atomic E-state index is 14.0. The van der Waals surface area contributed by atoms with Gasteiger partial charge in [-0.2, -0.15) is 0 Å². The van der Waals surface area contributed by atoms with E-state index in [4.69, 9.17) is 10.2 Å². The summed E-state index contributed by atoms with van der Waals surface area (Å²) in [5.74, 6) is -2.86. The molecule has 0 amide bonds. The number of piperidine rings is 1. The maximum atomic E-state index is 14.0. The van der Waals surface area contributed by atoms with Crippen molar-refractivity contribution < 1.29 is 23.8 Å². The highest BCUT2D eigenvalue weighted by atomic mass is 19.1. The molecular formula is C14H17F2NO3. The molecule has 0 radical (unpaired) electrons. The van der Waals surface area contributed by atoms with Crippen molar-refractivity contribution in [3.8, 4) is 0 Å². The van der Waals surface area contributed by atoms with Crippen molar-refractivity contribution in [2.45, 2.75) is 19.3 Å². The second kappa shape index (κ2) is 6.17. The minimum atomic E-state index is -1.36. The summed E-state index contributed by atoms with van der Waals surface area (Å²) in [6.07, 6.45) is 2.32. The Morgan fingerprint density at radius 1 is 1.35 bits per heavy atom. The summed E-state index contributed by atoms with van der Waals surface area (Å²) in [6, 6.07) is 1.69. The summed E-state index contributed by atoms with van der Waals surface area (Å²) < 4.78 is 27.9. The van der Waals surface area contributed by atoms with Crippen LogP contribution in [-0.4, -0.2) is 35.9 Å². The summed E-state index contributed by atoms with van der Waals surface area (Å²) >= 11 is 0. The molecule has 110 valence electrons. The average Bonchev–Trinajstić information content (AvgIpc) is 2.38. The predicted molar refractivity (Wildman–Crippen MR) is 70.0 cm³/mol. The Morgan fingerprint density at radius 3 is 2.55 bits per heavy atom. The van der Waals surface area contributed by atoms with Gasteiger partial charge < -0.3 is 15.1 Å². The first-order chi connectivity index (χ1) is 9.52. The molecule has 6 heteroatoms. The Labute approximate surface area is 115 Å². The van der Waals surface area contributed by atoms with E-state index in [9.17, 15) is 13.6 Å². The number of anilines is 1. The Kier molecular flexibility index (Phi) is 4.54. The fourth-order valence-corrected chi connectivity index (χ4v) is 2.68. The van der Waals surface area contributed by atoms with Crippen LogP contribution in [0.1, 0.15) is 29.6 Å². The molecule has 1 atom stereocenters. The van der Waals surface area contributed by atoms with E-state index >= 15 is 0 Å². The molecule has 1 saturated heterocycles. The van der Waals surface area contributed by atoms with Gasteiger partial charge in [0.1, 0.15) is 17.3 Å². The first kappa shape index (κ1) is 14.7. The van der Waals surface area contributed by atoms with Gasteiger partial charge in [-0.25, -0.2) is 13.6 Å². The molecule has 1 unspecified atom stereocenters. The van der Waals surface area contributed by atoms with Gasteiger partial charge in [0.15, 0.2) is 0 Å². The fourth-order valence-electron chi connectivity index (χ4n) is 2.68. The maximum Gasteiger partial charge on any atom is 0.335 e. The summed E-state index contributed by atoms with van der Waals surface area (Å²) in [7, 11) is 0. The summed E-state index contributed by atoms with van der Waals surface area (Å²) in [5, 5.41) is 17.7. The summed E-state index contributed by atoms with van der Waals surface area (Å²) in [4.78, 5) is 12.4. The van der Waals surface area contributed by atoms with Crippen LogP contribution in [0.15, 0.2) is 12.1 Å². The van der Waals surface area contributed by atoms with E-state index in [1.807, 2.05) is 0 Å². The number of carboxylic acids is 1. The zero-order chi connectivity index (χ0) is 14.7. The van der Waals surface area contributed by atoms with Gasteiger partial charge >= 0.3 is 5.97 Å². The number of halogens is 2. The number of hydrogen-bond donors (Lipinski definition) is 2. The highest BCUT2D eigenvalue weighted by molar-refractivity contribution is 5.88. The molecule has 1 aliphatic heterocycles. The number of nitrogens with zero attached hydrogens (tertiary/aromatic N) is 1. The van der Waals surface area contributed by atoms with Gasteiger partial charge in [-0.15, -0.1) is 0 Å². The van der Waals surface area contributed by atoms with Gasteiger partial charge in [-0.1, -0.05) is 0 Å². The molecule has 1 heterocycles. The second-order valence-corrected chi connectivity index (χ2v) is 5.06. The van der Waals surface area contributed by atoms with Crippen molar-refractivity contribution in [2.24, 2.45) is 5.92 Å². The number of aliphatic hydroxyl groups excluding tert-OH is 1. The number of rotatable bonds is 4. The molecule has 0 aliphatic carbocycles. The predicted octanol–water partition coefficient (Wildman–Crippen LogP) is 2.26. The van der Waals surface area contributed by atoms with E-state index in [1.54, 1.807) is 4.90 Å². The molecular weight excluding hydrogens is 268 g/mol. The minimum Gasteiger partial charge on any atom is -0.478 e. The van der Waals surface area contributed by atoms with Gasteiger partial charge in [0.05, 0.1) is 5.56 Å². The number of carbonyl (C=O) groups is 1. The Hall–Kier alpha value is -1.69. The lowest BCUT2D eigenvalue weighted by molar-refractivity contribution is 0.0695. The third-order valence-electron chi connectivity index (χ3n) is 3.64. The van der Waals surface area contributed by atoms with E-state index in [2.05, 4.69) is 0 Å². The lowest BCUT2D eigenvalue weighted by Gasteiger charge is -2.34. The van der Waals surface area contributed by atoms with Crippen LogP contribution < -0.4 is 4.90 Å². The molecule has 1 aromatic carbocycles. The zero-order valence-corrected chi connectivity index (χ0v) is 11.0. The van der Waals surface area contributed by atoms with Crippen molar-refractivity contribution in [3.05, 3.63) is 29.3 Å². The number of aliphatic hydroxyl groups is 1. The van der Waals surface area contributed by atoms with Crippen LogP contribution in [0.3, 0.4) is 0 Å². The Morgan fingerprint density at radius 2 is 2.00 bits per heavy atom. The van der Waals surface area contributed by atoms with Crippen molar-refractivity contribution in [3.63, 3.8) is 0 Å². The smallest absolute Gasteiger partial charge is 0.335 e. The number of benzene rings is 1. The lowest BCUT2D eigenvalue weighted by Crippen LogP contribution is -2.37. The van der Waals surface area contributed by atoms with Crippen molar-refractivity contribution >= 4 is 11.7 Å². The molecule has 2 rings (SSSR count). The lowest BCUT2D eigenvalue weighted by atomic mass is 9.94. The van der Waals surface area contributed by atoms with E-state index in [0.717, 1.165) is 25.0 Å². The average molecular weight is 285 g/mol. The van der Waals surface area contributed by atoms with Crippen LogP contribution in [0.4, 0.5) is 14.5 Å². The zero-order valence-electron chi connectivity index (χ0n) is 11.0. The molecule has 1 aliphatic rings. The largest absolute Gasteiger partial charge is 0.478 e. The minimum absolute atomic E-state index is 0.0570. The molecule has 0 bridgehead atoms. The molecule has 2 N–H and O–H groups in total. The van der Waals surface area contributed by atoms with Crippen molar-refractivity contribution in [1.82, 2.24) is 0 Å². The third kappa shape index (κ3) is 3.07. The van der Waals surface area contributed by atoms with E-state index in [0.29, 0.717) is 19.5 Å². The molecule has 0 saturated carbocycles. The quantitative estimate of drug-likeness (QED) is 0.891. The normalized spacial score (nSPS) is 19.1. The van der Waals surface area contributed by atoms with E-state index in [-0.39, 0.29) is 18.2 Å². The standard InChI is InChI=1S/C14H17F2NO3/c15-11-6-10(14(19)20)7-12(16)13(11)17-4-1-2-9(8-17)3-5-18/h6-7,9,18H,1-5,8H2,(H,19,20). The number of aromatic carboxylic acids is 1. The topological polar surface area (TPSA) is 60.8 Å². The van der Waals surface area contributed by atoms with Crippen molar-refractivity contribution in [1.29, 1.82) is 0 Å². The van der Waals surface area contributed by atoms with Gasteiger partial charge in [0.2, 0.25) is 0 Å². The van der Waals surface area contributed by atoms with E-state index in [1.165, 1.54) is 0 Å². The third-order valence-corrected chi connectivity index (χ3v) is 3.64. The molecule has 1 aromatic rings. The van der Waals surface area contributed by atoms with Crippen LogP contribution >= 0.6 is 0 Å². The summed E-state index contributed by atoms with van der Waals surface area (Å²) in [6.45, 7) is 1.06. The number of hydrogen-bond acceptors (Lipinski definition) is 3. The van der Waals surface area contributed by atoms with Gasteiger partial charge in [-0.3, -0.25) is 0 Å².